The molecule has 0 rings (SSSR count). The molecule has 3 unspecified atom stereocenters. The van der Waals surface area contributed by atoms with Crippen LogP contribution < -0.4 is 11.1 Å². The standard InChI is InChI=1S/C10H22N2O2S/c1-4-5-8(11)10(14)12-7(2)9(6-13)15-3/h7-9,13H,4-6,11H2,1-3H3,(H,12,14). The third-order valence-corrected chi connectivity index (χ3v) is 3.51. The number of thioether (sulfide) groups is 1. The van der Waals surface area contributed by atoms with Crippen LogP contribution in [0.3, 0.4) is 0 Å². The van der Waals surface area contributed by atoms with Crippen LogP contribution in [-0.2, 0) is 4.79 Å². The Hall–Kier alpha value is -0.260. The van der Waals surface area contributed by atoms with E-state index in [0.717, 1.165) is 6.42 Å². The van der Waals surface area contributed by atoms with Crippen molar-refractivity contribution >= 4 is 17.7 Å². The zero-order valence-electron chi connectivity index (χ0n) is 9.69. The first-order chi connectivity index (χ1) is 7.06. The van der Waals surface area contributed by atoms with Gasteiger partial charge in [-0.25, -0.2) is 0 Å². The largest absolute Gasteiger partial charge is 0.395 e. The van der Waals surface area contributed by atoms with Gasteiger partial charge in [0.1, 0.15) is 0 Å². The molecule has 0 fully saturated rings. The summed E-state index contributed by atoms with van der Waals surface area (Å²) in [6.45, 7) is 3.94. The maximum atomic E-state index is 11.6. The molecule has 0 saturated heterocycles. The van der Waals surface area contributed by atoms with Crippen molar-refractivity contribution in [3.05, 3.63) is 0 Å². The Kier molecular flexibility index (Phi) is 7.82. The van der Waals surface area contributed by atoms with Crippen molar-refractivity contribution in [2.75, 3.05) is 12.9 Å². The van der Waals surface area contributed by atoms with Crippen molar-refractivity contribution in [2.45, 2.75) is 44.0 Å². The Bertz CT molecular complexity index is 186. The van der Waals surface area contributed by atoms with E-state index in [1.54, 1.807) is 0 Å². The Morgan fingerprint density at radius 1 is 1.60 bits per heavy atom. The molecule has 0 aliphatic carbocycles. The highest BCUT2D eigenvalue weighted by Crippen LogP contribution is 2.10. The van der Waals surface area contributed by atoms with Crippen molar-refractivity contribution in [1.29, 1.82) is 0 Å². The number of carbonyl (C=O) groups is 1. The van der Waals surface area contributed by atoms with Crippen LogP contribution in [0, 0.1) is 0 Å². The third-order valence-electron chi connectivity index (χ3n) is 2.35. The quantitative estimate of drug-likeness (QED) is 0.594. The monoisotopic (exact) mass is 234 g/mol. The Morgan fingerprint density at radius 3 is 2.60 bits per heavy atom. The van der Waals surface area contributed by atoms with Crippen LogP contribution in [0.1, 0.15) is 26.7 Å². The molecule has 4 nitrogen and oxygen atoms in total. The highest BCUT2D eigenvalue weighted by molar-refractivity contribution is 7.99. The van der Waals surface area contributed by atoms with Gasteiger partial charge in [0.25, 0.3) is 0 Å². The van der Waals surface area contributed by atoms with E-state index in [2.05, 4.69) is 5.32 Å². The number of nitrogens with two attached hydrogens (primary N) is 1. The topological polar surface area (TPSA) is 75.4 Å². The first-order valence-corrected chi connectivity index (χ1v) is 6.55. The third kappa shape index (κ3) is 5.39. The predicted octanol–water partition coefficient (Wildman–Crippen LogP) is 0.342. The zero-order valence-corrected chi connectivity index (χ0v) is 10.5. The smallest absolute Gasteiger partial charge is 0.237 e. The Morgan fingerprint density at radius 2 is 2.20 bits per heavy atom. The fraction of sp³-hybridized carbons (Fsp3) is 0.900. The van der Waals surface area contributed by atoms with E-state index >= 15 is 0 Å². The van der Waals surface area contributed by atoms with Gasteiger partial charge in [-0.15, -0.1) is 0 Å². The normalized spacial score (nSPS) is 16.9. The SMILES string of the molecule is CCCC(N)C(=O)NC(C)C(CO)SC. The number of amides is 1. The maximum absolute atomic E-state index is 11.6. The summed E-state index contributed by atoms with van der Waals surface area (Å²) in [6.07, 6.45) is 3.51. The molecule has 0 aromatic heterocycles. The van der Waals surface area contributed by atoms with E-state index in [4.69, 9.17) is 10.8 Å². The molecule has 0 spiro atoms. The van der Waals surface area contributed by atoms with Gasteiger partial charge in [-0.1, -0.05) is 13.3 Å². The van der Waals surface area contributed by atoms with Crippen molar-refractivity contribution in [3.8, 4) is 0 Å². The van der Waals surface area contributed by atoms with E-state index < -0.39 is 6.04 Å². The first kappa shape index (κ1) is 14.7. The maximum Gasteiger partial charge on any atom is 0.237 e. The lowest BCUT2D eigenvalue weighted by atomic mass is 10.1. The minimum Gasteiger partial charge on any atom is -0.395 e. The molecule has 3 atom stereocenters. The predicted molar refractivity (Wildman–Crippen MR) is 64.9 cm³/mol. The number of carbonyl (C=O) groups excluding carboxylic acids is 1. The van der Waals surface area contributed by atoms with E-state index in [1.165, 1.54) is 11.8 Å². The van der Waals surface area contributed by atoms with Gasteiger partial charge in [-0.05, 0) is 19.6 Å². The number of hydrogen-bond donors (Lipinski definition) is 3. The van der Waals surface area contributed by atoms with Crippen molar-refractivity contribution in [2.24, 2.45) is 5.73 Å². The summed E-state index contributed by atoms with van der Waals surface area (Å²) >= 11 is 1.54. The lowest BCUT2D eigenvalue weighted by molar-refractivity contribution is -0.123. The second-order valence-electron chi connectivity index (χ2n) is 3.65. The second-order valence-corrected chi connectivity index (χ2v) is 4.73. The van der Waals surface area contributed by atoms with Crippen LogP contribution in [0.4, 0.5) is 0 Å². The van der Waals surface area contributed by atoms with Crippen LogP contribution in [0.15, 0.2) is 0 Å². The Labute approximate surface area is 96.0 Å². The van der Waals surface area contributed by atoms with Crippen molar-refractivity contribution in [1.82, 2.24) is 5.32 Å². The summed E-state index contributed by atoms with van der Waals surface area (Å²) in [5, 5.41) is 11.9. The molecule has 5 heteroatoms. The van der Waals surface area contributed by atoms with Gasteiger partial charge in [0, 0.05) is 11.3 Å². The Balaban J connectivity index is 4.04. The molecule has 0 aromatic rings. The van der Waals surface area contributed by atoms with Gasteiger partial charge in [0.05, 0.1) is 12.6 Å². The second kappa shape index (κ2) is 7.96. The highest BCUT2D eigenvalue weighted by atomic mass is 32.2. The lowest BCUT2D eigenvalue weighted by Crippen LogP contribution is -2.48. The average molecular weight is 234 g/mol. The molecule has 0 bridgehead atoms. The molecule has 0 aliphatic heterocycles. The fourth-order valence-electron chi connectivity index (χ4n) is 1.30. The lowest BCUT2D eigenvalue weighted by Gasteiger charge is -2.23. The van der Waals surface area contributed by atoms with E-state index in [0.29, 0.717) is 6.42 Å². The van der Waals surface area contributed by atoms with Gasteiger partial charge in [0.15, 0.2) is 0 Å². The number of aliphatic hydroxyl groups is 1. The van der Waals surface area contributed by atoms with Gasteiger partial charge in [-0.3, -0.25) is 4.79 Å². The summed E-state index contributed by atoms with van der Waals surface area (Å²) in [5.74, 6) is -0.128. The molecule has 90 valence electrons. The number of hydrogen-bond acceptors (Lipinski definition) is 4. The molecular formula is C10H22N2O2S. The van der Waals surface area contributed by atoms with Crippen molar-refractivity contribution in [3.63, 3.8) is 0 Å². The highest BCUT2D eigenvalue weighted by Gasteiger charge is 2.20. The molecule has 0 aromatic carbocycles. The average Bonchev–Trinajstić information content (AvgIpc) is 2.19. The van der Waals surface area contributed by atoms with Crippen LogP contribution in [0.2, 0.25) is 0 Å². The van der Waals surface area contributed by atoms with Crippen LogP contribution >= 0.6 is 11.8 Å². The summed E-state index contributed by atoms with van der Waals surface area (Å²) in [7, 11) is 0. The minimum atomic E-state index is -0.432. The molecule has 0 saturated carbocycles. The van der Waals surface area contributed by atoms with E-state index in [-0.39, 0.29) is 23.8 Å². The summed E-state index contributed by atoms with van der Waals surface area (Å²) in [5.41, 5.74) is 5.68. The van der Waals surface area contributed by atoms with Gasteiger partial charge in [0.2, 0.25) is 5.91 Å². The summed E-state index contributed by atoms with van der Waals surface area (Å²) in [4.78, 5) is 11.6. The van der Waals surface area contributed by atoms with Crippen LogP contribution in [0.25, 0.3) is 0 Å². The molecule has 4 N–H and O–H groups in total. The summed E-state index contributed by atoms with van der Waals surface area (Å²) in [6, 6.07) is -0.487. The molecule has 0 radical (unpaired) electrons. The van der Waals surface area contributed by atoms with E-state index in [1.807, 2.05) is 20.1 Å². The molecular weight excluding hydrogens is 212 g/mol. The van der Waals surface area contributed by atoms with Gasteiger partial charge in [-0.2, -0.15) is 11.8 Å². The first-order valence-electron chi connectivity index (χ1n) is 5.26. The summed E-state index contributed by atoms with van der Waals surface area (Å²) < 4.78 is 0. The van der Waals surface area contributed by atoms with Crippen LogP contribution in [-0.4, -0.2) is 41.2 Å². The van der Waals surface area contributed by atoms with Crippen molar-refractivity contribution < 1.29 is 9.90 Å². The molecule has 0 heterocycles. The number of nitrogens with one attached hydrogen (secondary N) is 1. The van der Waals surface area contributed by atoms with Crippen LogP contribution in [0.5, 0.6) is 0 Å². The molecule has 1 amide bonds. The molecule has 0 aliphatic rings. The number of rotatable bonds is 7. The van der Waals surface area contributed by atoms with Gasteiger partial charge < -0.3 is 16.2 Å². The minimum absolute atomic E-state index is 0.0303. The van der Waals surface area contributed by atoms with Gasteiger partial charge >= 0.3 is 0 Å². The number of aliphatic hydroxyl groups excluding tert-OH is 1. The zero-order chi connectivity index (χ0) is 11.8. The fourth-order valence-corrected chi connectivity index (χ4v) is 1.93. The molecule has 15 heavy (non-hydrogen) atoms. The van der Waals surface area contributed by atoms with E-state index in [9.17, 15) is 4.79 Å².